The Morgan fingerprint density at radius 1 is 1.00 bits per heavy atom. The van der Waals surface area contributed by atoms with Crippen LogP contribution in [-0.4, -0.2) is 62.3 Å². The maximum Gasteiger partial charge on any atom is 0.306 e. The van der Waals surface area contributed by atoms with E-state index in [9.17, 15) is 18.0 Å². The van der Waals surface area contributed by atoms with Crippen molar-refractivity contribution in [3.8, 4) is 0 Å². The van der Waals surface area contributed by atoms with E-state index in [2.05, 4.69) is 0 Å². The standard InChI is InChI=1S/C21H28N2O5S/c24-20(15-28-21(25)14-18-13-16-6-7-17(18)12-16)22-8-10-23(11-9-22)29(26,27)19-4-2-1-3-5-19/h1-5,16-18H,6-15H2/t16-,17+,18+/m0/s1. The third kappa shape index (κ3) is 4.48. The smallest absolute Gasteiger partial charge is 0.306 e. The number of nitrogens with zero attached hydrogens (tertiary/aromatic N) is 2. The number of esters is 1. The van der Waals surface area contributed by atoms with Crippen molar-refractivity contribution < 1.29 is 22.7 Å². The minimum atomic E-state index is -3.54. The molecule has 2 aliphatic carbocycles. The number of hydrogen-bond donors (Lipinski definition) is 0. The molecule has 2 bridgehead atoms. The number of rotatable bonds is 6. The van der Waals surface area contributed by atoms with Crippen molar-refractivity contribution in [1.29, 1.82) is 0 Å². The first-order valence-corrected chi connectivity index (χ1v) is 11.9. The number of benzene rings is 1. The summed E-state index contributed by atoms with van der Waals surface area (Å²) in [6, 6.07) is 8.30. The number of piperazine rings is 1. The van der Waals surface area contributed by atoms with Crippen LogP contribution < -0.4 is 0 Å². The molecular formula is C21H28N2O5S. The molecule has 1 saturated heterocycles. The van der Waals surface area contributed by atoms with E-state index in [1.54, 1.807) is 35.2 Å². The van der Waals surface area contributed by atoms with Gasteiger partial charge in [-0.25, -0.2) is 8.42 Å². The molecule has 7 nitrogen and oxygen atoms in total. The molecule has 1 heterocycles. The summed E-state index contributed by atoms with van der Waals surface area (Å²) >= 11 is 0. The first-order chi connectivity index (χ1) is 13.9. The number of carbonyl (C=O) groups is 2. The van der Waals surface area contributed by atoms with Gasteiger partial charge in [0.25, 0.3) is 5.91 Å². The number of ether oxygens (including phenoxy) is 1. The zero-order valence-electron chi connectivity index (χ0n) is 16.5. The molecule has 0 unspecified atom stereocenters. The molecule has 3 atom stereocenters. The molecule has 29 heavy (non-hydrogen) atoms. The summed E-state index contributed by atoms with van der Waals surface area (Å²) in [5, 5.41) is 0. The second-order valence-corrected chi connectivity index (χ2v) is 10.3. The van der Waals surface area contributed by atoms with E-state index >= 15 is 0 Å². The van der Waals surface area contributed by atoms with Crippen molar-refractivity contribution >= 4 is 21.9 Å². The van der Waals surface area contributed by atoms with Gasteiger partial charge in [0.05, 0.1) is 4.90 Å². The number of fused-ring (bicyclic) bond motifs is 2. The fourth-order valence-electron chi connectivity index (χ4n) is 5.05. The zero-order chi connectivity index (χ0) is 20.4. The first kappa shape index (κ1) is 20.3. The largest absolute Gasteiger partial charge is 0.456 e. The Labute approximate surface area is 172 Å². The molecule has 8 heteroatoms. The summed E-state index contributed by atoms with van der Waals surface area (Å²) < 4.78 is 31.9. The van der Waals surface area contributed by atoms with Gasteiger partial charge in [-0.3, -0.25) is 9.59 Å². The molecule has 0 radical (unpaired) electrons. The summed E-state index contributed by atoms with van der Waals surface area (Å²) in [6.45, 7) is 0.818. The zero-order valence-corrected chi connectivity index (χ0v) is 17.4. The lowest BCUT2D eigenvalue weighted by atomic mass is 9.86. The van der Waals surface area contributed by atoms with Crippen LogP contribution in [0.5, 0.6) is 0 Å². The second-order valence-electron chi connectivity index (χ2n) is 8.40. The maximum absolute atomic E-state index is 12.7. The average Bonchev–Trinajstić information content (AvgIpc) is 3.36. The molecule has 0 N–H and O–H groups in total. The SMILES string of the molecule is O=C(C[C@H]1C[C@H]2CC[C@@H]1C2)OCC(=O)N1CCN(S(=O)(=O)c2ccccc2)CC1. The Balaban J connectivity index is 1.21. The van der Waals surface area contributed by atoms with Crippen LogP contribution in [0.25, 0.3) is 0 Å². The number of hydrogen-bond acceptors (Lipinski definition) is 5. The van der Waals surface area contributed by atoms with Crippen LogP contribution in [0.3, 0.4) is 0 Å². The Kier molecular flexibility index (Phi) is 5.92. The molecule has 4 rings (SSSR count). The molecule has 3 fully saturated rings. The monoisotopic (exact) mass is 420 g/mol. The maximum atomic E-state index is 12.7. The van der Waals surface area contributed by atoms with Gasteiger partial charge in [-0.2, -0.15) is 4.31 Å². The lowest BCUT2D eigenvalue weighted by molar-refractivity contribution is -0.153. The second kappa shape index (κ2) is 8.44. The van der Waals surface area contributed by atoms with Crippen LogP contribution in [0.15, 0.2) is 35.2 Å². The predicted molar refractivity (Wildman–Crippen MR) is 106 cm³/mol. The molecule has 1 aliphatic heterocycles. The van der Waals surface area contributed by atoms with Crippen LogP contribution in [-0.2, 0) is 24.3 Å². The van der Waals surface area contributed by atoms with Crippen LogP contribution in [0.2, 0.25) is 0 Å². The van der Waals surface area contributed by atoms with Gasteiger partial charge in [-0.15, -0.1) is 0 Å². The Hall–Kier alpha value is -1.93. The fraction of sp³-hybridized carbons (Fsp3) is 0.619. The van der Waals surface area contributed by atoms with Crippen molar-refractivity contribution in [2.75, 3.05) is 32.8 Å². The van der Waals surface area contributed by atoms with Crippen molar-refractivity contribution in [3.05, 3.63) is 30.3 Å². The van der Waals surface area contributed by atoms with Gasteiger partial charge in [0.15, 0.2) is 6.61 Å². The molecule has 1 aromatic carbocycles. The minimum Gasteiger partial charge on any atom is -0.456 e. The number of carbonyl (C=O) groups excluding carboxylic acids is 2. The number of sulfonamides is 1. The predicted octanol–water partition coefficient (Wildman–Crippen LogP) is 1.89. The van der Waals surface area contributed by atoms with E-state index in [-0.39, 0.29) is 36.5 Å². The van der Waals surface area contributed by atoms with Gasteiger partial charge in [0, 0.05) is 32.6 Å². The highest BCUT2D eigenvalue weighted by molar-refractivity contribution is 7.89. The van der Waals surface area contributed by atoms with E-state index in [0.29, 0.717) is 31.3 Å². The average molecular weight is 421 g/mol. The minimum absolute atomic E-state index is 0.238. The van der Waals surface area contributed by atoms with Crippen LogP contribution in [0.1, 0.15) is 32.1 Å². The molecule has 3 aliphatic rings. The first-order valence-electron chi connectivity index (χ1n) is 10.4. The van der Waals surface area contributed by atoms with Crippen LogP contribution in [0, 0.1) is 17.8 Å². The van der Waals surface area contributed by atoms with Crippen LogP contribution >= 0.6 is 0 Å². The molecule has 2 saturated carbocycles. The summed E-state index contributed by atoms with van der Waals surface area (Å²) in [7, 11) is -3.54. The van der Waals surface area contributed by atoms with Crippen molar-refractivity contribution in [3.63, 3.8) is 0 Å². The molecule has 0 spiro atoms. The quantitative estimate of drug-likeness (QED) is 0.656. The lowest BCUT2D eigenvalue weighted by Crippen LogP contribution is -2.51. The normalized spacial score (nSPS) is 27.2. The third-order valence-corrected chi connectivity index (χ3v) is 8.56. The van der Waals surface area contributed by atoms with Gasteiger partial charge in [0.2, 0.25) is 10.0 Å². The van der Waals surface area contributed by atoms with Crippen molar-refractivity contribution in [2.45, 2.75) is 37.0 Å². The van der Waals surface area contributed by atoms with Crippen molar-refractivity contribution in [2.24, 2.45) is 17.8 Å². The summed E-state index contributed by atoms with van der Waals surface area (Å²) in [5.74, 6) is 1.30. The third-order valence-electron chi connectivity index (χ3n) is 6.64. The van der Waals surface area contributed by atoms with Crippen molar-refractivity contribution in [1.82, 2.24) is 9.21 Å². The van der Waals surface area contributed by atoms with Crippen LogP contribution in [0.4, 0.5) is 0 Å². The highest BCUT2D eigenvalue weighted by atomic mass is 32.2. The van der Waals surface area contributed by atoms with Gasteiger partial charge in [0.1, 0.15) is 0 Å². The molecule has 0 aromatic heterocycles. The Morgan fingerprint density at radius 3 is 2.34 bits per heavy atom. The van der Waals surface area contributed by atoms with E-state index < -0.39 is 10.0 Å². The van der Waals surface area contributed by atoms with E-state index in [4.69, 9.17) is 4.74 Å². The van der Waals surface area contributed by atoms with E-state index in [1.807, 2.05) is 0 Å². The van der Waals surface area contributed by atoms with E-state index in [0.717, 1.165) is 12.3 Å². The highest BCUT2D eigenvalue weighted by Gasteiger charge is 2.40. The van der Waals surface area contributed by atoms with E-state index in [1.165, 1.54) is 23.6 Å². The Bertz CT molecular complexity index is 849. The topological polar surface area (TPSA) is 84.0 Å². The Morgan fingerprint density at radius 2 is 1.72 bits per heavy atom. The van der Waals surface area contributed by atoms with Gasteiger partial charge < -0.3 is 9.64 Å². The molecule has 1 aromatic rings. The fourth-order valence-corrected chi connectivity index (χ4v) is 6.50. The number of amides is 1. The summed E-state index contributed by atoms with van der Waals surface area (Å²) in [4.78, 5) is 26.3. The summed E-state index contributed by atoms with van der Waals surface area (Å²) in [5.41, 5.74) is 0. The van der Waals surface area contributed by atoms with Gasteiger partial charge >= 0.3 is 5.97 Å². The van der Waals surface area contributed by atoms with Gasteiger partial charge in [-0.1, -0.05) is 24.6 Å². The molecular weight excluding hydrogens is 392 g/mol. The molecule has 158 valence electrons. The van der Waals surface area contributed by atoms with Gasteiger partial charge in [-0.05, 0) is 49.1 Å². The lowest BCUT2D eigenvalue weighted by Gasteiger charge is -2.33. The molecule has 1 amide bonds. The summed E-state index contributed by atoms with van der Waals surface area (Å²) in [6.07, 6.45) is 5.29. The highest BCUT2D eigenvalue weighted by Crippen LogP contribution is 2.49.